The van der Waals surface area contributed by atoms with Crippen molar-refractivity contribution in [1.29, 1.82) is 0 Å². The van der Waals surface area contributed by atoms with Crippen LogP contribution in [0.25, 0.3) is 11.3 Å². The van der Waals surface area contributed by atoms with Gasteiger partial charge in [-0.2, -0.15) is 33.7 Å². The molecule has 0 saturated heterocycles. The maximum atomic E-state index is 14.4. The van der Waals surface area contributed by atoms with E-state index in [0.29, 0.717) is 6.07 Å². The number of ether oxygens (including phenoxy) is 1. The van der Waals surface area contributed by atoms with Crippen molar-refractivity contribution in [3.05, 3.63) is 65.4 Å². The molecule has 0 saturated carbocycles. The Balaban J connectivity index is 2.04. The summed E-state index contributed by atoms with van der Waals surface area (Å²) in [6.45, 7) is 0. The molecule has 2 aromatic carbocycles. The molecule has 176 valence electrons. The monoisotopic (exact) mass is 491 g/mol. The highest BCUT2D eigenvalue weighted by molar-refractivity contribution is 7.97. The van der Waals surface area contributed by atoms with Gasteiger partial charge in [0.1, 0.15) is 17.3 Å². The van der Waals surface area contributed by atoms with Gasteiger partial charge >= 0.3 is 12.1 Å². The van der Waals surface area contributed by atoms with E-state index in [9.17, 15) is 30.7 Å². The van der Waals surface area contributed by atoms with E-state index in [-0.39, 0.29) is 40.0 Å². The Hall–Kier alpha value is -3.02. The predicted molar refractivity (Wildman–Crippen MR) is 111 cm³/mol. The first-order valence-electron chi connectivity index (χ1n) is 9.17. The van der Waals surface area contributed by atoms with E-state index in [4.69, 9.17) is 4.74 Å². The zero-order valence-electron chi connectivity index (χ0n) is 17.1. The Bertz CT molecular complexity index is 1160. The summed E-state index contributed by atoms with van der Waals surface area (Å²) in [6, 6.07) is 6.06. The SMILES string of the molecule is COc1cc(F)ccc1-c1nc(Nc2cc(CSC)cc(C(F)(F)C(F)(F)F)c2)ncc1F. The normalized spacial score (nSPS) is 12.0. The third kappa shape index (κ3) is 5.32. The lowest BCUT2D eigenvalue weighted by Gasteiger charge is -2.21. The summed E-state index contributed by atoms with van der Waals surface area (Å²) >= 11 is 1.22. The van der Waals surface area contributed by atoms with Crippen molar-refractivity contribution in [3.63, 3.8) is 0 Å². The van der Waals surface area contributed by atoms with Gasteiger partial charge in [-0.3, -0.25) is 0 Å². The molecule has 0 radical (unpaired) electrons. The van der Waals surface area contributed by atoms with Crippen molar-refractivity contribution in [1.82, 2.24) is 9.97 Å². The summed E-state index contributed by atoms with van der Waals surface area (Å²) in [5.74, 6) is -6.74. The van der Waals surface area contributed by atoms with Crippen LogP contribution in [0.2, 0.25) is 0 Å². The fraction of sp³-hybridized carbons (Fsp3) is 0.238. The highest BCUT2D eigenvalue weighted by Crippen LogP contribution is 2.45. The van der Waals surface area contributed by atoms with Gasteiger partial charge < -0.3 is 10.1 Å². The first kappa shape index (κ1) is 24.6. The van der Waals surface area contributed by atoms with Crippen LogP contribution >= 0.6 is 11.8 Å². The second kappa shape index (κ2) is 9.46. The number of methoxy groups -OCH3 is 1. The number of alkyl halides is 5. The van der Waals surface area contributed by atoms with Gasteiger partial charge in [0.05, 0.1) is 13.3 Å². The van der Waals surface area contributed by atoms with Gasteiger partial charge in [0.25, 0.3) is 0 Å². The molecule has 0 aliphatic heterocycles. The molecular weight excluding hydrogens is 475 g/mol. The van der Waals surface area contributed by atoms with Gasteiger partial charge in [-0.25, -0.2) is 18.7 Å². The minimum atomic E-state index is -5.79. The van der Waals surface area contributed by atoms with E-state index in [1.807, 2.05) is 0 Å². The van der Waals surface area contributed by atoms with Crippen LogP contribution < -0.4 is 10.1 Å². The molecule has 33 heavy (non-hydrogen) atoms. The molecule has 0 aliphatic rings. The zero-order valence-corrected chi connectivity index (χ0v) is 17.9. The fourth-order valence-electron chi connectivity index (χ4n) is 2.97. The van der Waals surface area contributed by atoms with Crippen molar-refractivity contribution in [2.75, 3.05) is 18.7 Å². The van der Waals surface area contributed by atoms with Crippen LogP contribution in [-0.4, -0.2) is 29.5 Å². The topological polar surface area (TPSA) is 47.0 Å². The number of hydrogen-bond donors (Lipinski definition) is 1. The van der Waals surface area contributed by atoms with Crippen LogP contribution in [0.4, 0.5) is 42.4 Å². The summed E-state index contributed by atoms with van der Waals surface area (Å²) in [6.07, 6.45) is -3.35. The van der Waals surface area contributed by atoms with Gasteiger partial charge in [0, 0.05) is 28.6 Å². The summed E-state index contributed by atoms with van der Waals surface area (Å²) in [5.41, 5.74) is -1.41. The zero-order chi connectivity index (χ0) is 24.4. The predicted octanol–water partition coefficient (Wildman–Crippen LogP) is 6.69. The van der Waals surface area contributed by atoms with E-state index >= 15 is 0 Å². The number of halogens is 7. The molecule has 1 aromatic heterocycles. The van der Waals surface area contributed by atoms with Crippen LogP contribution in [0.1, 0.15) is 11.1 Å². The quantitative estimate of drug-likeness (QED) is 0.373. The number of nitrogens with zero attached hydrogens (tertiary/aromatic N) is 2. The van der Waals surface area contributed by atoms with Crippen LogP contribution in [0, 0.1) is 11.6 Å². The Morgan fingerprint density at radius 1 is 1.03 bits per heavy atom. The summed E-state index contributed by atoms with van der Waals surface area (Å²) in [5, 5.41) is 2.54. The maximum Gasteiger partial charge on any atom is 0.458 e. The molecule has 0 fully saturated rings. The van der Waals surface area contributed by atoms with Gasteiger partial charge in [-0.05, 0) is 42.2 Å². The largest absolute Gasteiger partial charge is 0.496 e. The Labute approximate surface area is 188 Å². The number of rotatable bonds is 7. The third-order valence-corrected chi connectivity index (χ3v) is 5.06. The van der Waals surface area contributed by atoms with E-state index in [1.54, 1.807) is 6.26 Å². The second-order valence-electron chi connectivity index (χ2n) is 6.78. The number of anilines is 2. The second-order valence-corrected chi connectivity index (χ2v) is 7.65. The van der Waals surface area contributed by atoms with Crippen molar-refractivity contribution in [3.8, 4) is 17.0 Å². The number of nitrogens with one attached hydrogen (secondary N) is 1. The highest BCUT2D eigenvalue weighted by Gasteiger charge is 2.58. The van der Waals surface area contributed by atoms with E-state index < -0.39 is 29.3 Å². The highest BCUT2D eigenvalue weighted by atomic mass is 32.2. The molecule has 4 nitrogen and oxygen atoms in total. The van der Waals surface area contributed by atoms with Gasteiger partial charge in [0.2, 0.25) is 5.95 Å². The molecule has 0 spiro atoms. The molecule has 12 heteroatoms. The van der Waals surface area contributed by atoms with Gasteiger partial charge in [0.15, 0.2) is 5.82 Å². The molecule has 1 heterocycles. The summed E-state index contributed by atoms with van der Waals surface area (Å²) in [4.78, 5) is 7.70. The molecule has 3 aromatic rings. The van der Waals surface area contributed by atoms with Crippen molar-refractivity contribution < 1.29 is 35.5 Å². The molecule has 0 atom stereocenters. The van der Waals surface area contributed by atoms with Crippen molar-refractivity contribution in [2.45, 2.75) is 17.9 Å². The van der Waals surface area contributed by atoms with Gasteiger partial charge in [-0.15, -0.1) is 0 Å². The van der Waals surface area contributed by atoms with Crippen LogP contribution in [-0.2, 0) is 11.7 Å². The molecular formula is C21H16F7N3OS. The van der Waals surface area contributed by atoms with Crippen LogP contribution in [0.3, 0.4) is 0 Å². The minimum Gasteiger partial charge on any atom is -0.496 e. The Morgan fingerprint density at radius 2 is 1.76 bits per heavy atom. The van der Waals surface area contributed by atoms with Crippen molar-refractivity contribution >= 4 is 23.4 Å². The Morgan fingerprint density at radius 3 is 2.39 bits per heavy atom. The van der Waals surface area contributed by atoms with E-state index in [1.165, 1.54) is 31.0 Å². The third-order valence-electron chi connectivity index (χ3n) is 4.44. The number of aromatic nitrogens is 2. The Kier molecular flexibility index (Phi) is 7.06. The molecule has 0 unspecified atom stereocenters. The van der Waals surface area contributed by atoms with E-state index in [2.05, 4.69) is 15.3 Å². The number of thioether (sulfide) groups is 1. The molecule has 1 N–H and O–H groups in total. The molecule has 3 rings (SSSR count). The standard InChI is InChI=1S/C21H16F7N3OS/c1-32-17-8-13(22)3-4-15(17)18-16(23)9-29-19(31-18)30-14-6-11(10-33-2)5-12(7-14)20(24,25)21(26,27)28/h3-9H,10H2,1-2H3,(H,29,30,31). The smallest absolute Gasteiger partial charge is 0.458 e. The molecule has 0 amide bonds. The average molecular weight is 491 g/mol. The lowest BCUT2D eigenvalue weighted by Crippen LogP contribution is -2.33. The maximum absolute atomic E-state index is 14.4. The average Bonchev–Trinajstić information content (AvgIpc) is 2.74. The number of hydrogen-bond acceptors (Lipinski definition) is 5. The van der Waals surface area contributed by atoms with Gasteiger partial charge in [-0.1, -0.05) is 0 Å². The summed E-state index contributed by atoms with van der Waals surface area (Å²) < 4.78 is 99.6. The van der Waals surface area contributed by atoms with E-state index in [0.717, 1.165) is 24.4 Å². The lowest BCUT2D eigenvalue weighted by atomic mass is 10.0. The fourth-order valence-corrected chi connectivity index (χ4v) is 3.47. The number of benzene rings is 2. The first-order valence-corrected chi connectivity index (χ1v) is 10.6. The molecule has 0 aliphatic carbocycles. The van der Waals surface area contributed by atoms with Crippen LogP contribution in [0.15, 0.2) is 42.6 Å². The summed E-state index contributed by atoms with van der Waals surface area (Å²) in [7, 11) is 1.25. The minimum absolute atomic E-state index is 0.0207. The van der Waals surface area contributed by atoms with Crippen LogP contribution in [0.5, 0.6) is 5.75 Å². The molecule has 0 bridgehead atoms. The lowest BCUT2D eigenvalue weighted by molar-refractivity contribution is -0.289. The first-order chi connectivity index (χ1) is 15.5. The van der Waals surface area contributed by atoms with Crippen molar-refractivity contribution in [2.24, 2.45) is 0 Å².